The highest BCUT2D eigenvalue weighted by molar-refractivity contribution is 14.1. The van der Waals surface area contributed by atoms with E-state index in [0.29, 0.717) is 0 Å². The van der Waals surface area contributed by atoms with Crippen molar-refractivity contribution in [3.63, 3.8) is 0 Å². The fraction of sp³-hybridized carbons (Fsp3) is 0.286. The van der Waals surface area contributed by atoms with Gasteiger partial charge in [-0.3, -0.25) is 0 Å². The molecule has 0 amide bonds. The third-order valence-corrected chi connectivity index (χ3v) is 5.04. The van der Waals surface area contributed by atoms with Gasteiger partial charge in [0.2, 0.25) is 0 Å². The Morgan fingerprint density at radius 1 is 1.39 bits per heavy atom. The highest BCUT2D eigenvalue weighted by atomic mass is 127. The lowest BCUT2D eigenvalue weighted by molar-refractivity contribution is 0.639. The van der Waals surface area contributed by atoms with E-state index in [1.807, 2.05) is 0 Å². The van der Waals surface area contributed by atoms with Gasteiger partial charge >= 0.3 is 0 Å². The van der Waals surface area contributed by atoms with E-state index < -0.39 is 0 Å². The number of hydrogen-bond acceptors (Lipinski definition) is 2. The SMILES string of the molecule is CCNC(c1cccc(I)c1)c1cc(C)c(Cl)s1. The molecule has 0 radical (unpaired) electrons. The van der Waals surface area contributed by atoms with Crippen LogP contribution < -0.4 is 5.32 Å². The highest BCUT2D eigenvalue weighted by Crippen LogP contribution is 2.34. The Kier molecular flexibility index (Phi) is 5.06. The molecule has 18 heavy (non-hydrogen) atoms. The number of thiophene rings is 1. The second-order valence-corrected chi connectivity index (χ2v) is 7.08. The van der Waals surface area contributed by atoms with Crippen LogP contribution in [0.15, 0.2) is 30.3 Å². The Labute approximate surface area is 131 Å². The van der Waals surface area contributed by atoms with E-state index >= 15 is 0 Å². The Morgan fingerprint density at radius 3 is 2.72 bits per heavy atom. The van der Waals surface area contributed by atoms with Crippen LogP contribution in [0.4, 0.5) is 0 Å². The van der Waals surface area contributed by atoms with Crippen molar-refractivity contribution in [2.75, 3.05) is 6.54 Å². The van der Waals surface area contributed by atoms with Crippen LogP contribution in [-0.2, 0) is 0 Å². The van der Waals surface area contributed by atoms with E-state index in [4.69, 9.17) is 11.6 Å². The molecular weight excluding hydrogens is 377 g/mol. The maximum absolute atomic E-state index is 6.18. The quantitative estimate of drug-likeness (QED) is 0.722. The van der Waals surface area contributed by atoms with Crippen molar-refractivity contribution in [1.29, 1.82) is 0 Å². The third-order valence-electron chi connectivity index (χ3n) is 2.75. The molecule has 1 atom stereocenters. The predicted molar refractivity (Wildman–Crippen MR) is 88.7 cm³/mol. The van der Waals surface area contributed by atoms with Gasteiger partial charge in [-0.05, 0) is 65.4 Å². The minimum absolute atomic E-state index is 0.237. The number of hydrogen-bond donors (Lipinski definition) is 1. The molecule has 2 rings (SSSR count). The average Bonchev–Trinajstić information content (AvgIpc) is 2.66. The van der Waals surface area contributed by atoms with Crippen LogP contribution >= 0.6 is 45.5 Å². The smallest absolute Gasteiger partial charge is 0.0961 e. The number of halogens is 2. The lowest BCUT2D eigenvalue weighted by Crippen LogP contribution is -2.21. The summed E-state index contributed by atoms with van der Waals surface area (Å²) in [5.74, 6) is 0. The third kappa shape index (κ3) is 3.26. The molecule has 1 unspecified atom stereocenters. The number of nitrogens with one attached hydrogen (secondary N) is 1. The van der Waals surface area contributed by atoms with Gasteiger partial charge in [0.05, 0.1) is 10.4 Å². The zero-order valence-corrected chi connectivity index (χ0v) is 14.1. The molecule has 0 fully saturated rings. The van der Waals surface area contributed by atoms with Crippen molar-refractivity contribution in [1.82, 2.24) is 5.32 Å². The van der Waals surface area contributed by atoms with Crippen molar-refractivity contribution < 1.29 is 0 Å². The van der Waals surface area contributed by atoms with Crippen LogP contribution in [0, 0.1) is 10.5 Å². The average molecular weight is 392 g/mol. The van der Waals surface area contributed by atoms with Gasteiger partial charge in [0.25, 0.3) is 0 Å². The van der Waals surface area contributed by atoms with E-state index in [9.17, 15) is 0 Å². The normalized spacial score (nSPS) is 12.7. The van der Waals surface area contributed by atoms with E-state index in [-0.39, 0.29) is 6.04 Å². The van der Waals surface area contributed by atoms with Crippen LogP contribution in [0.5, 0.6) is 0 Å². The minimum atomic E-state index is 0.237. The first-order chi connectivity index (χ1) is 8.61. The van der Waals surface area contributed by atoms with Gasteiger partial charge in [-0.2, -0.15) is 0 Å². The summed E-state index contributed by atoms with van der Waals surface area (Å²) in [5, 5.41) is 3.53. The summed E-state index contributed by atoms with van der Waals surface area (Å²) < 4.78 is 2.14. The molecule has 1 aromatic carbocycles. The summed E-state index contributed by atoms with van der Waals surface area (Å²) in [6.07, 6.45) is 0. The van der Waals surface area contributed by atoms with Crippen LogP contribution in [0.1, 0.15) is 29.0 Å². The molecular formula is C14H15ClINS. The van der Waals surface area contributed by atoms with Gasteiger partial charge in [0.15, 0.2) is 0 Å². The Bertz CT molecular complexity index is 519. The summed E-state index contributed by atoms with van der Waals surface area (Å²) >= 11 is 10.2. The zero-order chi connectivity index (χ0) is 13.1. The molecule has 1 N–H and O–H groups in total. The van der Waals surface area contributed by atoms with Gasteiger partial charge in [-0.25, -0.2) is 0 Å². The first-order valence-electron chi connectivity index (χ1n) is 5.86. The highest BCUT2D eigenvalue weighted by Gasteiger charge is 2.16. The second kappa shape index (κ2) is 6.37. The van der Waals surface area contributed by atoms with Crippen LogP contribution in [-0.4, -0.2) is 6.54 Å². The molecule has 1 nitrogen and oxygen atoms in total. The molecule has 0 saturated carbocycles. The van der Waals surface area contributed by atoms with Crippen molar-refractivity contribution in [3.05, 3.63) is 54.2 Å². The summed E-state index contributed by atoms with van der Waals surface area (Å²) in [4.78, 5) is 1.28. The lowest BCUT2D eigenvalue weighted by atomic mass is 10.1. The Hall–Kier alpha value is -0.100. The van der Waals surface area contributed by atoms with E-state index in [1.165, 1.54) is 14.0 Å². The van der Waals surface area contributed by atoms with Gasteiger partial charge in [0.1, 0.15) is 0 Å². The van der Waals surface area contributed by atoms with Crippen molar-refractivity contribution >= 4 is 45.5 Å². The molecule has 0 saturated heterocycles. The van der Waals surface area contributed by atoms with Crippen molar-refractivity contribution in [2.45, 2.75) is 19.9 Å². The summed E-state index contributed by atoms with van der Waals surface area (Å²) in [6, 6.07) is 11.0. The van der Waals surface area contributed by atoms with Crippen molar-refractivity contribution in [3.8, 4) is 0 Å². The van der Waals surface area contributed by atoms with Gasteiger partial charge in [-0.1, -0.05) is 30.7 Å². The molecule has 4 heteroatoms. The largest absolute Gasteiger partial charge is 0.306 e. The number of aryl methyl sites for hydroxylation is 1. The molecule has 0 aliphatic rings. The summed E-state index contributed by atoms with van der Waals surface area (Å²) in [5.41, 5.74) is 2.45. The molecule has 2 aromatic rings. The summed E-state index contributed by atoms with van der Waals surface area (Å²) in [6.45, 7) is 5.12. The first-order valence-corrected chi connectivity index (χ1v) is 8.13. The monoisotopic (exact) mass is 391 g/mol. The van der Waals surface area contributed by atoms with Crippen LogP contribution in [0.2, 0.25) is 4.34 Å². The van der Waals surface area contributed by atoms with Crippen LogP contribution in [0.3, 0.4) is 0 Å². The lowest BCUT2D eigenvalue weighted by Gasteiger charge is -2.17. The molecule has 1 heterocycles. The zero-order valence-electron chi connectivity index (χ0n) is 10.3. The minimum Gasteiger partial charge on any atom is -0.306 e. The summed E-state index contributed by atoms with van der Waals surface area (Å²) in [7, 11) is 0. The molecule has 0 bridgehead atoms. The molecule has 96 valence electrons. The molecule has 0 aliphatic heterocycles. The first kappa shape index (κ1) is 14.3. The Balaban J connectivity index is 2.39. The number of benzene rings is 1. The van der Waals surface area contributed by atoms with Crippen molar-refractivity contribution in [2.24, 2.45) is 0 Å². The molecule has 0 spiro atoms. The van der Waals surface area contributed by atoms with E-state index in [0.717, 1.165) is 16.4 Å². The Morgan fingerprint density at radius 2 is 2.17 bits per heavy atom. The second-order valence-electron chi connectivity index (χ2n) is 4.15. The fourth-order valence-electron chi connectivity index (χ4n) is 1.90. The van der Waals surface area contributed by atoms with Gasteiger partial charge in [-0.15, -0.1) is 11.3 Å². The van der Waals surface area contributed by atoms with Gasteiger partial charge in [0, 0.05) is 8.45 Å². The maximum Gasteiger partial charge on any atom is 0.0961 e. The number of rotatable bonds is 4. The van der Waals surface area contributed by atoms with Gasteiger partial charge < -0.3 is 5.32 Å². The maximum atomic E-state index is 6.18. The topological polar surface area (TPSA) is 12.0 Å². The standard InChI is InChI=1S/C14H15ClINS/c1-3-17-13(10-5-4-6-11(16)8-10)12-7-9(2)14(15)18-12/h4-8,13,17H,3H2,1-2H3. The van der Waals surface area contributed by atoms with Crippen LogP contribution in [0.25, 0.3) is 0 Å². The van der Waals surface area contributed by atoms with E-state index in [1.54, 1.807) is 11.3 Å². The van der Waals surface area contributed by atoms with E-state index in [2.05, 4.69) is 72.1 Å². The predicted octanol–water partition coefficient (Wildman–Crippen LogP) is 5.01. The fourth-order valence-corrected chi connectivity index (χ4v) is 3.79. The molecule has 0 aliphatic carbocycles. The molecule has 1 aromatic heterocycles.